The fraction of sp³-hybridized carbons (Fsp3) is 0.208. The normalized spacial score (nSPS) is 12.9. The van der Waals surface area contributed by atoms with Crippen molar-refractivity contribution in [3.8, 4) is 0 Å². The molecule has 30 heavy (non-hydrogen) atoms. The third kappa shape index (κ3) is 3.64. The summed E-state index contributed by atoms with van der Waals surface area (Å²) >= 11 is 0. The number of carbonyl (C=O) groups excluding carboxylic acids is 3. The van der Waals surface area contributed by atoms with Gasteiger partial charge in [0.05, 0.1) is 0 Å². The Morgan fingerprint density at radius 3 is 2.37 bits per heavy atom. The molecule has 0 spiro atoms. The van der Waals surface area contributed by atoms with E-state index in [1.54, 1.807) is 32.0 Å². The molecule has 4 rings (SSSR count). The highest BCUT2D eigenvalue weighted by atomic mass is 16.2. The van der Waals surface area contributed by atoms with Gasteiger partial charge in [0, 0.05) is 34.6 Å². The number of H-pyrrole nitrogens is 1. The van der Waals surface area contributed by atoms with Crippen molar-refractivity contribution in [2.24, 2.45) is 0 Å². The molecule has 3 aromatic rings. The minimum Gasteiger partial charge on any atom is -0.354 e. The van der Waals surface area contributed by atoms with Crippen LogP contribution in [-0.4, -0.2) is 22.6 Å². The van der Waals surface area contributed by atoms with Crippen LogP contribution in [0.3, 0.4) is 0 Å². The van der Waals surface area contributed by atoms with Crippen LogP contribution in [0.25, 0.3) is 0 Å². The van der Waals surface area contributed by atoms with Gasteiger partial charge in [-0.05, 0) is 62.1 Å². The summed E-state index contributed by atoms with van der Waals surface area (Å²) in [4.78, 5) is 41.0. The Morgan fingerprint density at radius 1 is 0.867 bits per heavy atom. The third-order valence-electron chi connectivity index (χ3n) is 5.52. The minimum atomic E-state index is -0.321. The maximum absolute atomic E-state index is 12.9. The van der Waals surface area contributed by atoms with Crippen molar-refractivity contribution in [1.29, 1.82) is 0 Å². The number of nitrogens with one attached hydrogen (secondary N) is 3. The number of hydrogen-bond acceptors (Lipinski definition) is 3. The molecule has 6 nitrogen and oxygen atoms in total. The molecule has 1 aliphatic carbocycles. The molecule has 6 heteroatoms. The molecular weight excluding hydrogens is 378 g/mol. The van der Waals surface area contributed by atoms with Crippen LogP contribution in [0.4, 0.5) is 11.4 Å². The highest BCUT2D eigenvalue weighted by molar-refractivity contribution is 6.10. The van der Waals surface area contributed by atoms with Gasteiger partial charge in [-0.15, -0.1) is 0 Å². The van der Waals surface area contributed by atoms with Crippen LogP contribution in [-0.2, 0) is 6.42 Å². The number of ketones is 1. The molecule has 0 bridgehead atoms. The number of aromatic nitrogens is 1. The Morgan fingerprint density at radius 2 is 1.63 bits per heavy atom. The predicted octanol–water partition coefficient (Wildman–Crippen LogP) is 4.66. The molecule has 2 aromatic carbocycles. The van der Waals surface area contributed by atoms with Crippen molar-refractivity contribution in [2.75, 3.05) is 10.6 Å². The number of benzene rings is 2. The van der Waals surface area contributed by atoms with Gasteiger partial charge >= 0.3 is 0 Å². The molecule has 0 atom stereocenters. The highest BCUT2D eigenvalue weighted by Gasteiger charge is 2.26. The SMILES string of the molecule is Cc1c(NC(=O)c2[nH]c3c(c2C)C(=O)CCC3)cccc1C(=O)Nc1ccccc1. The number of aromatic amines is 1. The average molecular weight is 401 g/mol. The number of carbonyl (C=O) groups is 3. The lowest BCUT2D eigenvalue weighted by Gasteiger charge is -2.13. The number of anilines is 2. The molecule has 0 fully saturated rings. The molecule has 2 amide bonds. The topological polar surface area (TPSA) is 91.1 Å². The number of para-hydroxylation sites is 1. The monoisotopic (exact) mass is 401 g/mol. The number of fused-ring (bicyclic) bond motifs is 1. The van der Waals surface area contributed by atoms with Crippen molar-refractivity contribution >= 4 is 29.0 Å². The second-order valence-corrected chi connectivity index (χ2v) is 7.51. The Kier molecular flexibility index (Phi) is 5.23. The summed E-state index contributed by atoms with van der Waals surface area (Å²) in [7, 11) is 0. The Bertz CT molecular complexity index is 1150. The fourth-order valence-corrected chi connectivity index (χ4v) is 3.92. The van der Waals surface area contributed by atoms with Gasteiger partial charge in [-0.25, -0.2) is 0 Å². The first-order chi connectivity index (χ1) is 14.5. The van der Waals surface area contributed by atoms with Crippen LogP contribution in [0.1, 0.15) is 60.9 Å². The number of amides is 2. The van der Waals surface area contributed by atoms with E-state index < -0.39 is 0 Å². The number of rotatable bonds is 4. The molecule has 0 saturated carbocycles. The summed E-state index contributed by atoms with van der Waals surface area (Å²) in [5.74, 6) is -0.481. The second-order valence-electron chi connectivity index (χ2n) is 7.51. The average Bonchev–Trinajstić information content (AvgIpc) is 3.08. The number of aryl methyl sites for hydroxylation is 1. The predicted molar refractivity (Wildman–Crippen MR) is 116 cm³/mol. The highest BCUT2D eigenvalue weighted by Crippen LogP contribution is 2.28. The summed E-state index contributed by atoms with van der Waals surface area (Å²) in [6.07, 6.45) is 2.08. The summed E-state index contributed by atoms with van der Waals surface area (Å²) < 4.78 is 0. The zero-order chi connectivity index (χ0) is 21.3. The lowest BCUT2D eigenvalue weighted by atomic mass is 9.94. The van der Waals surface area contributed by atoms with E-state index in [4.69, 9.17) is 0 Å². The van der Waals surface area contributed by atoms with Crippen LogP contribution < -0.4 is 10.6 Å². The first-order valence-corrected chi connectivity index (χ1v) is 9.97. The molecule has 1 aromatic heterocycles. The first-order valence-electron chi connectivity index (χ1n) is 9.97. The van der Waals surface area contributed by atoms with Gasteiger partial charge in [-0.1, -0.05) is 24.3 Å². The summed E-state index contributed by atoms with van der Waals surface area (Å²) in [5, 5.41) is 5.75. The van der Waals surface area contributed by atoms with Crippen molar-refractivity contribution < 1.29 is 14.4 Å². The standard InChI is InChI=1S/C24H23N3O3/c1-14-17(23(29)25-16-8-4-3-5-9-16)10-6-11-18(14)27-24(30)22-15(2)21-19(26-22)12-7-13-20(21)28/h3-6,8-11,26H,7,12-13H2,1-2H3,(H,25,29)(H,27,30). The van der Waals surface area contributed by atoms with Crippen LogP contribution in [0.5, 0.6) is 0 Å². The van der Waals surface area contributed by atoms with Crippen LogP contribution in [0.15, 0.2) is 48.5 Å². The quantitative estimate of drug-likeness (QED) is 0.594. The lowest BCUT2D eigenvalue weighted by Crippen LogP contribution is -2.17. The van der Waals surface area contributed by atoms with E-state index in [1.165, 1.54) is 0 Å². The molecule has 152 valence electrons. The van der Waals surface area contributed by atoms with E-state index >= 15 is 0 Å². The smallest absolute Gasteiger partial charge is 0.272 e. The van der Waals surface area contributed by atoms with Gasteiger partial charge in [0.25, 0.3) is 11.8 Å². The molecule has 0 radical (unpaired) electrons. The largest absolute Gasteiger partial charge is 0.354 e. The molecule has 1 heterocycles. The first kappa shape index (κ1) is 19.6. The van der Waals surface area contributed by atoms with Gasteiger partial charge < -0.3 is 15.6 Å². The Labute approximate surface area is 174 Å². The van der Waals surface area contributed by atoms with Crippen molar-refractivity contribution in [3.63, 3.8) is 0 Å². The molecule has 1 aliphatic rings. The van der Waals surface area contributed by atoms with Crippen molar-refractivity contribution in [2.45, 2.75) is 33.1 Å². The van der Waals surface area contributed by atoms with E-state index in [0.717, 1.165) is 18.5 Å². The van der Waals surface area contributed by atoms with Gasteiger partial charge in [0.15, 0.2) is 5.78 Å². The van der Waals surface area contributed by atoms with Crippen molar-refractivity contribution in [3.05, 3.63) is 82.2 Å². The fourth-order valence-electron chi connectivity index (χ4n) is 3.92. The zero-order valence-electron chi connectivity index (χ0n) is 17.0. The van der Waals surface area contributed by atoms with E-state index in [0.29, 0.717) is 45.7 Å². The summed E-state index contributed by atoms with van der Waals surface area (Å²) in [6.45, 7) is 3.59. The lowest BCUT2D eigenvalue weighted by molar-refractivity contribution is 0.0970. The van der Waals surface area contributed by atoms with Crippen molar-refractivity contribution in [1.82, 2.24) is 4.98 Å². The second kappa shape index (κ2) is 7.99. The van der Waals surface area contributed by atoms with Crippen LogP contribution in [0.2, 0.25) is 0 Å². The van der Waals surface area contributed by atoms with Gasteiger partial charge in [-0.2, -0.15) is 0 Å². The minimum absolute atomic E-state index is 0.0832. The maximum Gasteiger partial charge on any atom is 0.272 e. The van der Waals surface area contributed by atoms with Gasteiger partial charge in [-0.3, -0.25) is 14.4 Å². The number of Topliss-reactive ketones (excluding diaryl/α,β-unsaturated/α-hetero) is 1. The van der Waals surface area contributed by atoms with Gasteiger partial charge in [0.1, 0.15) is 5.69 Å². The zero-order valence-corrected chi connectivity index (χ0v) is 17.0. The molecule has 3 N–H and O–H groups in total. The van der Waals surface area contributed by atoms with E-state index in [9.17, 15) is 14.4 Å². The van der Waals surface area contributed by atoms with Crippen LogP contribution >= 0.6 is 0 Å². The van der Waals surface area contributed by atoms with Crippen LogP contribution in [0, 0.1) is 13.8 Å². The third-order valence-corrected chi connectivity index (χ3v) is 5.52. The summed E-state index contributed by atoms with van der Waals surface area (Å²) in [5.41, 5.74) is 4.98. The molecule has 0 aliphatic heterocycles. The number of hydrogen-bond donors (Lipinski definition) is 3. The molecule has 0 saturated heterocycles. The van der Waals surface area contributed by atoms with Gasteiger partial charge in [0.2, 0.25) is 0 Å². The Balaban J connectivity index is 1.57. The maximum atomic E-state index is 12.9. The van der Waals surface area contributed by atoms with E-state index in [-0.39, 0.29) is 17.6 Å². The Hall–Kier alpha value is -3.67. The molecule has 0 unspecified atom stereocenters. The summed E-state index contributed by atoms with van der Waals surface area (Å²) in [6, 6.07) is 14.4. The van der Waals surface area contributed by atoms with E-state index in [1.807, 2.05) is 30.3 Å². The van der Waals surface area contributed by atoms with E-state index in [2.05, 4.69) is 15.6 Å². The molecular formula is C24H23N3O3.